The molecule has 0 radical (unpaired) electrons. The van der Waals surface area contributed by atoms with Crippen molar-refractivity contribution in [2.75, 3.05) is 6.61 Å². The Hall–Kier alpha value is -1.81. The molecule has 1 unspecified atom stereocenters. The Morgan fingerprint density at radius 1 is 1.43 bits per heavy atom. The molecule has 4 heteroatoms. The minimum Gasteiger partial charge on any atom is -0.481 e. The minimum atomic E-state index is -0.822. The molecule has 1 aliphatic rings. The molecular weight excluding hydrogens is 266 g/mol. The van der Waals surface area contributed by atoms with Gasteiger partial charge in [-0.3, -0.25) is 4.79 Å². The number of aliphatic carboxylic acids is 1. The summed E-state index contributed by atoms with van der Waals surface area (Å²) in [4.78, 5) is 14.7. The number of carboxylic acids is 1. The van der Waals surface area contributed by atoms with Crippen LogP contribution in [0.4, 0.5) is 0 Å². The number of carbonyl (C=O) groups is 1. The lowest BCUT2D eigenvalue weighted by atomic mass is 9.86. The van der Waals surface area contributed by atoms with Gasteiger partial charge < -0.3 is 14.8 Å². The Bertz CT molecular complexity index is 689. The van der Waals surface area contributed by atoms with Gasteiger partial charge in [-0.2, -0.15) is 0 Å². The fourth-order valence-electron chi connectivity index (χ4n) is 3.38. The third-order valence-corrected chi connectivity index (χ3v) is 4.57. The molecule has 0 amide bonds. The van der Waals surface area contributed by atoms with Gasteiger partial charge in [-0.1, -0.05) is 26.0 Å². The van der Waals surface area contributed by atoms with Gasteiger partial charge in [0.25, 0.3) is 0 Å². The monoisotopic (exact) mass is 287 g/mol. The topological polar surface area (TPSA) is 62.3 Å². The van der Waals surface area contributed by atoms with Crippen LogP contribution in [0.1, 0.15) is 43.5 Å². The van der Waals surface area contributed by atoms with Gasteiger partial charge >= 0.3 is 5.97 Å². The molecule has 4 nitrogen and oxygen atoms in total. The first kappa shape index (κ1) is 14.1. The van der Waals surface area contributed by atoms with Crippen molar-refractivity contribution in [2.45, 2.75) is 45.1 Å². The van der Waals surface area contributed by atoms with Gasteiger partial charge in [-0.25, -0.2) is 0 Å². The molecule has 1 aromatic carbocycles. The van der Waals surface area contributed by atoms with Gasteiger partial charge in [0.05, 0.1) is 18.7 Å². The molecular formula is C17H21NO3. The third kappa shape index (κ3) is 2.23. The van der Waals surface area contributed by atoms with Crippen LogP contribution in [-0.2, 0) is 28.0 Å². The highest BCUT2D eigenvalue weighted by Gasteiger charge is 2.40. The number of hydrogen-bond donors (Lipinski definition) is 2. The van der Waals surface area contributed by atoms with E-state index >= 15 is 0 Å². The number of rotatable bonds is 4. The zero-order chi connectivity index (χ0) is 15.0. The predicted octanol–water partition coefficient (Wildman–Crippen LogP) is 3.38. The van der Waals surface area contributed by atoms with Gasteiger partial charge in [0.2, 0.25) is 0 Å². The van der Waals surface area contributed by atoms with Gasteiger partial charge in [0.15, 0.2) is 0 Å². The lowest BCUT2D eigenvalue weighted by Gasteiger charge is -2.35. The smallest absolute Gasteiger partial charge is 0.306 e. The van der Waals surface area contributed by atoms with Crippen LogP contribution in [0.5, 0.6) is 0 Å². The molecule has 2 heterocycles. The average Bonchev–Trinajstić information content (AvgIpc) is 2.85. The summed E-state index contributed by atoms with van der Waals surface area (Å²) in [6.07, 6.45) is 2.48. The second-order valence-electron chi connectivity index (χ2n) is 5.73. The zero-order valence-electron chi connectivity index (χ0n) is 12.5. The molecule has 1 aliphatic heterocycles. The average molecular weight is 287 g/mol. The normalized spacial score (nSPS) is 21.4. The minimum absolute atomic E-state index is 0.00393. The van der Waals surface area contributed by atoms with Crippen LogP contribution in [0.3, 0.4) is 0 Å². The second-order valence-corrected chi connectivity index (χ2v) is 5.73. The molecule has 3 rings (SSSR count). The molecule has 0 saturated heterocycles. The summed E-state index contributed by atoms with van der Waals surface area (Å²) in [5, 5.41) is 10.5. The molecule has 0 saturated carbocycles. The van der Waals surface area contributed by atoms with Crippen LogP contribution in [0.2, 0.25) is 0 Å². The standard InChI is InChI=1S/C17H21NO3/c1-3-11-5-6-12-13-7-8-21-17(4-2,10-15(19)20)16(13)18-14(12)9-11/h5-6,9,18H,3-4,7-8,10H2,1-2H3,(H,19,20). The number of nitrogens with one attached hydrogen (secondary N) is 1. The van der Waals surface area contributed by atoms with E-state index in [0.717, 1.165) is 24.1 Å². The fraction of sp³-hybridized carbons (Fsp3) is 0.471. The summed E-state index contributed by atoms with van der Waals surface area (Å²) in [6.45, 7) is 4.70. The Morgan fingerprint density at radius 2 is 2.24 bits per heavy atom. The van der Waals surface area contributed by atoms with Crippen LogP contribution in [0, 0.1) is 0 Å². The number of aryl methyl sites for hydroxylation is 1. The maximum absolute atomic E-state index is 11.3. The molecule has 0 bridgehead atoms. The predicted molar refractivity (Wildman–Crippen MR) is 81.6 cm³/mol. The SMILES string of the molecule is CCc1ccc2c3c([nH]c2c1)C(CC)(CC(=O)O)OCC3. The van der Waals surface area contributed by atoms with Gasteiger partial charge in [-0.05, 0) is 36.5 Å². The highest BCUT2D eigenvalue weighted by molar-refractivity contribution is 5.86. The summed E-state index contributed by atoms with van der Waals surface area (Å²) in [5.74, 6) is -0.822. The van der Waals surface area contributed by atoms with Crippen LogP contribution in [-0.4, -0.2) is 22.7 Å². The van der Waals surface area contributed by atoms with Crippen molar-refractivity contribution in [3.8, 4) is 0 Å². The quantitative estimate of drug-likeness (QED) is 0.906. The van der Waals surface area contributed by atoms with E-state index in [0.29, 0.717) is 13.0 Å². The van der Waals surface area contributed by atoms with Gasteiger partial charge in [0.1, 0.15) is 5.60 Å². The summed E-state index contributed by atoms with van der Waals surface area (Å²) in [7, 11) is 0. The molecule has 0 spiro atoms. The van der Waals surface area contributed by atoms with Crippen LogP contribution in [0.15, 0.2) is 18.2 Å². The zero-order valence-corrected chi connectivity index (χ0v) is 12.5. The number of aromatic amines is 1. The first-order valence-electron chi connectivity index (χ1n) is 7.59. The molecule has 0 aliphatic carbocycles. The van der Waals surface area contributed by atoms with Gasteiger partial charge in [-0.15, -0.1) is 0 Å². The molecule has 112 valence electrons. The lowest BCUT2D eigenvalue weighted by Crippen LogP contribution is -2.37. The van der Waals surface area contributed by atoms with Crippen LogP contribution >= 0.6 is 0 Å². The third-order valence-electron chi connectivity index (χ3n) is 4.57. The maximum Gasteiger partial charge on any atom is 0.306 e. The molecule has 1 atom stereocenters. The van der Waals surface area contributed by atoms with E-state index in [4.69, 9.17) is 4.74 Å². The van der Waals surface area contributed by atoms with Crippen LogP contribution < -0.4 is 0 Å². The van der Waals surface area contributed by atoms with E-state index in [1.165, 1.54) is 16.5 Å². The van der Waals surface area contributed by atoms with Crippen molar-refractivity contribution < 1.29 is 14.6 Å². The van der Waals surface area contributed by atoms with Crippen molar-refractivity contribution in [2.24, 2.45) is 0 Å². The molecule has 1 aromatic heterocycles. The van der Waals surface area contributed by atoms with Gasteiger partial charge in [0, 0.05) is 10.9 Å². The molecule has 2 N–H and O–H groups in total. The highest BCUT2D eigenvalue weighted by atomic mass is 16.5. The number of ether oxygens (including phenoxy) is 1. The van der Waals surface area contributed by atoms with Crippen molar-refractivity contribution in [3.63, 3.8) is 0 Å². The number of fused-ring (bicyclic) bond motifs is 3. The fourth-order valence-corrected chi connectivity index (χ4v) is 3.38. The van der Waals surface area contributed by atoms with Crippen molar-refractivity contribution in [3.05, 3.63) is 35.0 Å². The molecule has 21 heavy (non-hydrogen) atoms. The lowest BCUT2D eigenvalue weighted by molar-refractivity contribution is -0.148. The number of H-pyrrole nitrogens is 1. The van der Waals surface area contributed by atoms with E-state index < -0.39 is 11.6 Å². The number of benzene rings is 1. The van der Waals surface area contributed by atoms with Crippen molar-refractivity contribution in [1.29, 1.82) is 0 Å². The number of carboxylic acid groups (broad SMARTS) is 1. The Labute approximate surface area is 124 Å². The first-order valence-corrected chi connectivity index (χ1v) is 7.59. The summed E-state index contributed by atoms with van der Waals surface area (Å²) >= 11 is 0. The second kappa shape index (κ2) is 5.19. The summed E-state index contributed by atoms with van der Waals surface area (Å²) in [5.41, 5.74) is 3.84. The van der Waals surface area contributed by atoms with E-state index in [-0.39, 0.29) is 6.42 Å². The number of aromatic nitrogens is 1. The summed E-state index contributed by atoms with van der Waals surface area (Å²) in [6, 6.07) is 6.46. The number of hydrogen-bond acceptors (Lipinski definition) is 2. The first-order chi connectivity index (χ1) is 10.1. The summed E-state index contributed by atoms with van der Waals surface area (Å²) < 4.78 is 5.93. The van der Waals surface area contributed by atoms with Crippen molar-refractivity contribution >= 4 is 16.9 Å². The van der Waals surface area contributed by atoms with E-state index in [1.54, 1.807) is 0 Å². The molecule has 0 fully saturated rings. The van der Waals surface area contributed by atoms with Crippen LogP contribution in [0.25, 0.3) is 10.9 Å². The van der Waals surface area contributed by atoms with E-state index in [1.807, 2.05) is 6.92 Å². The molecule has 2 aromatic rings. The van der Waals surface area contributed by atoms with Crippen molar-refractivity contribution in [1.82, 2.24) is 4.98 Å². The largest absolute Gasteiger partial charge is 0.481 e. The Morgan fingerprint density at radius 3 is 2.90 bits per heavy atom. The Balaban J connectivity index is 2.18. The van der Waals surface area contributed by atoms with E-state index in [9.17, 15) is 9.90 Å². The highest BCUT2D eigenvalue weighted by Crippen LogP contribution is 2.41. The Kier molecular flexibility index (Phi) is 3.49. The maximum atomic E-state index is 11.3. The van der Waals surface area contributed by atoms with E-state index in [2.05, 4.69) is 30.1 Å².